The van der Waals surface area contributed by atoms with Crippen LogP contribution in [0.5, 0.6) is 17.2 Å². The summed E-state index contributed by atoms with van der Waals surface area (Å²) in [5.74, 6) is 1.91. The molecule has 26 heavy (non-hydrogen) atoms. The van der Waals surface area contributed by atoms with Crippen molar-refractivity contribution in [2.75, 3.05) is 27.4 Å². The smallest absolute Gasteiger partial charge is 0.251 e. The summed E-state index contributed by atoms with van der Waals surface area (Å²) in [6.45, 7) is 3.44. The first-order chi connectivity index (χ1) is 12.7. The van der Waals surface area contributed by atoms with Gasteiger partial charge >= 0.3 is 0 Å². The number of methoxy groups -OCH3 is 2. The van der Waals surface area contributed by atoms with Gasteiger partial charge in [0.25, 0.3) is 5.91 Å². The molecule has 0 fully saturated rings. The number of benzene rings is 2. The Morgan fingerprint density at radius 1 is 0.962 bits per heavy atom. The monoisotopic (exact) mass is 357 g/mol. The van der Waals surface area contributed by atoms with Gasteiger partial charge in [0.05, 0.1) is 20.8 Å². The zero-order valence-corrected chi connectivity index (χ0v) is 15.7. The number of hydrogen-bond donors (Lipinski definition) is 1. The van der Waals surface area contributed by atoms with E-state index < -0.39 is 0 Å². The molecule has 0 spiro atoms. The molecule has 2 rings (SSSR count). The largest absolute Gasteiger partial charge is 0.497 e. The van der Waals surface area contributed by atoms with E-state index in [0.29, 0.717) is 23.6 Å². The third-order valence-corrected chi connectivity index (χ3v) is 4.00. The van der Waals surface area contributed by atoms with Gasteiger partial charge in [0, 0.05) is 18.2 Å². The van der Waals surface area contributed by atoms with Gasteiger partial charge in [-0.05, 0) is 42.7 Å². The van der Waals surface area contributed by atoms with E-state index in [1.54, 1.807) is 32.4 Å². The maximum absolute atomic E-state index is 12.3. The maximum Gasteiger partial charge on any atom is 0.251 e. The highest BCUT2D eigenvalue weighted by molar-refractivity contribution is 5.95. The van der Waals surface area contributed by atoms with Crippen molar-refractivity contribution >= 4 is 5.91 Å². The highest BCUT2D eigenvalue weighted by Gasteiger charge is 2.09. The zero-order chi connectivity index (χ0) is 18.8. The van der Waals surface area contributed by atoms with Crippen LogP contribution >= 0.6 is 0 Å². The number of rotatable bonds is 10. The van der Waals surface area contributed by atoms with Crippen molar-refractivity contribution in [3.8, 4) is 17.2 Å². The van der Waals surface area contributed by atoms with Gasteiger partial charge < -0.3 is 19.5 Å². The van der Waals surface area contributed by atoms with Gasteiger partial charge in [0.15, 0.2) is 0 Å². The lowest BCUT2D eigenvalue weighted by molar-refractivity contribution is 0.0953. The Bertz CT molecular complexity index is 675. The SMILES string of the molecule is CCCCOc1ccc(CCNC(=O)c2cc(OC)cc(OC)c2)cc1. The minimum absolute atomic E-state index is 0.151. The standard InChI is InChI=1S/C21H27NO4/c1-4-5-12-26-18-8-6-16(7-9-18)10-11-22-21(23)17-13-19(24-2)15-20(14-17)25-3/h6-9,13-15H,4-5,10-12H2,1-3H3,(H,22,23). The maximum atomic E-state index is 12.3. The molecule has 2 aromatic rings. The summed E-state index contributed by atoms with van der Waals surface area (Å²) in [7, 11) is 3.12. The number of hydrogen-bond acceptors (Lipinski definition) is 4. The molecule has 1 N–H and O–H groups in total. The van der Waals surface area contributed by atoms with Crippen molar-refractivity contribution in [2.24, 2.45) is 0 Å². The fourth-order valence-electron chi connectivity index (χ4n) is 2.45. The van der Waals surface area contributed by atoms with Crippen LogP contribution in [0, 0.1) is 0 Å². The van der Waals surface area contributed by atoms with Crippen LogP contribution in [0.4, 0.5) is 0 Å². The molecule has 0 radical (unpaired) electrons. The van der Waals surface area contributed by atoms with Gasteiger partial charge in [0.2, 0.25) is 0 Å². The lowest BCUT2D eigenvalue weighted by Gasteiger charge is -2.10. The summed E-state index contributed by atoms with van der Waals surface area (Å²) in [6.07, 6.45) is 2.93. The highest BCUT2D eigenvalue weighted by Crippen LogP contribution is 2.22. The molecule has 0 aliphatic rings. The minimum Gasteiger partial charge on any atom is -0.497 e. The Morgan fingerprint density at radius 2 is 1.62 bits per heavy atom. The molecule has 0 aliphatic carbocycles. The summed E-state index contributed by atoms with van der Waals surface area (Å²) < 4.78 is 16.0. The molecule has 0 unspecified atom stereocenters. The number of ether oxygens (including phenoxy) is 3. The molecule has 0 saturated heterocycles. The van der Waals surface area contributed by atoms with E-state index in [4.69, 9.17) is 14.2 Å². The van der Waals surface area contributed by atoms with Gasteiger partial charge in [0.1, 0.15) is 17.2 Å². The summed E-state index contributed by atoms with van der Waals surface area (Å²) in [4.78, 5) is 12.3. The van der Waals surface area contributed by atoms with Crippen molar-refractivity contribution < 1.29 is 19.0 Å². The van der Waals surface area contributed by atoms with Gasteiger partial charge in [-0.2, -0.15) is 0 Å². The Labute approximate surface area is 155 Å². The Hall–Kier alpha value is -2.69. The topological polar surface area (TPSA) is 56.8 Å². The van der Waals surface area contributed by atoms with Crippen LogP contribution in [0.1, 0.15) is 35.7 Å². The van der Waals surface area contributed by atoms with Crippen molar-refractivity contribution in [3.05, 3.63) is 53.6 Å². The van der Waals surface area contributed by atoms with Crippen molar-refractivity contribution in [1.82, 2.24) is 5.32 Å². The average Bonchev–Trinajstić information content (AvgIpc) is 2.68. The van der Waals surface area contributed by atoms with Crippen LogP contribution in [0.2, 0.25) is 0 Å². The lowest BCUT2D eigenvalue weighted by Crippen LogP contribution is -2.25. The summed E-state index contributed by atoms with van der Waals surface area (Å²) >= 11 is 0. The number of amides is 1. The van der Waals surface area contributed by atoms with Gasteiger partial charge in [-0.3, -0.25) is 4.79 Å². The molecule has 2 aromatic carbocycles. The number of unbranched alkanes of at least 4 members (excludes halogenated alkanes) is 1. The van der Waals surface area contributed by atoms with E-state index in [9.17, 15) is 4.79 Å². The average molecular weight is 357 g/mol. The lowest BCUT2D eigenvalue weighted by atomic mass is 10.1. The third kappa shape index (κ3) is 5.99. The van der Waals surface area contributed by atoms with Crippen LogP contribution in [0.15, 0.2) is 42.5 Å². The first-order valence-electron chi connectivity index (χ1n) is 8.89. The van der Waals surface area contributed by atoms with Crippen LogP contribution in [-0.4, -0.2) is 33.3 Å². The molecule has 0 saturated carbocycles. The van der Waals surface area contributed by atoms with Crippen molar-refractivity contribution in [1.29, 1.82) is 0 Å². The highest BCUT2D eigenvalue weighted by atomic mass is 16.5. The van der Waals surface area contributed by atoms with E-state index in [0.717, 1.165) is 37.2 Å². The molecule has 0 aromatic heterocycles. The molecule has 140 valence electrons. The second-order valence-corrected chi connectivity index (χ2v) is 5.95. The molecule has 5 nitrogen and oxygen atoms in total. The molecule has 0 bridgehead atoms. The quantitative estimate of drug-likeness (QED) is 0.656. The number of carbonyl (C=O) groups is 1. The molecule has 1 amide bonds. The normalized spacial score (nSPS) is 10.3. The predicted octanol–water partition coefficient (Wildman–Crippen LogP) is 3.86. The van der Waals surface area contributed by atoms with Crippen molar-refractivity contribution in [3.63, 3.8) is 0 Å². The molecule has 0 atom stereocenters. The molecule has 5 heteroatoms. The summed E-state index contributed by atoms with van der Waals surface area (Å²) in [5.41, 5.74) is 1.66. The van der Waals surface area contributed by atoms with E-state index in [-0.39, 0.29) is 5.91 Å². The third-order valence-electron chi connectivity index (χ3n) is 4.00. The second-order valence-electron chi connectivity index (χ2n) is 5.95. The zero-order valence-electron chi connectivity index (χ0n) is 15.7. The Kier molecular flexibility index (Phi) is 7.80. The van der Waals surface area contributed by atoms with Crippen LogP contribution < -0.4 is 19.5 Å². The minimum atomic E-state index is -0.151. The molecule has 0 aliphatic heterocycles. The first kappa shape index (κ1) is 19.6. The first-order valence-corrected chi connectivity index (χ1v) is 8.89. The van der Waals surface area contributed by atoms with E-state index >= 15 is 0 Å². The van der Waals surface area contributed by atoms with Crippen LogP contribution in [0.3, 0.4) is 0 Å². The molecular weight excluding hydrogens is 330 g/mol. The van der Waals surface area contributed by atoms with Crippen LogP contribution in [-0.2, 0) is 6.42 Å². The Morgan fingerprint density at radius 3 is 2.19 bits per heavy atom. The second kappa shape index (κ2) is 10.3. The van der Waals surface area contributed by atoms with Gasteiger partial charge in [-0.15, -0.1) is 0 Å². The van der Waals surface area contributed by atoms with E-state index in [1.165, 1.54) is 0 Å². The van der Waals surface area contributed by atoms with Gasteiger partial charge in [-0.1, -0.05) is 25.5 Å². The Balaban J connectivity index is 1.84. The van der Waals surface area contributed by atoms with Crippen LogP contribution in [0.25, 0.3) is 0 Å². The molecular formula is C21H27NO4. The van der Waals surface area contributed by atoms with Crippen molar-refractivity contribution in [2.45, 2.75) is 26.2 Å². The summed E-state index contributed by atoms with van der Waals surface area (Å²) in [6, 6.07) is 13.1. The van der Waals surface area contributed by atoms with E-state index in [1.807, 2.05) is 24.3 Å². The summed E-state index contributed by atoms with van der Waals surface area (Å²) in [5, 5.41) is 2.93. The molecule has 0 heterocycles. The number of carbonyl (C=O) groups excluding carboxylic acids is 1. The fourth-order valence-corrected chi connectivity index (χ4v) is 2.45. The van der Waals surface area contributed by atoms with E-state index in [2.05, 4.69) is 12.2 Å². The predicted molar refractivity (Wildman–Crippen MR) is 102 cm³/mol. The number of nitrogens with one attached hydrogen (secondary N) is 1. The fraction of sp³-hybridized carbons (Fsp3) is 0.381. The van der Waals surface area contributed by atoms with Gasteiger partial charge in [-0.25, -0.2) is 0 Å².